The zero-order chi connectivity index (χ0) is 15.0. The quantitative estimate of drug-likeness (QED) is 0.773. The lowest BCUT2D eigenvalue weighted by atomic mass is 10.2. The van der Waals surface area contributed by atoms with Gasteiger partial charge < -0.3 is 15.0 Å². The second kappa shape index (κ2) is 5.63. The molecule has 2 heterocycles. The van der Waals surface area contributed by atoms with Gasteiger partial charge >= 0.3 is 0 Å². The maximum Gasteiger partial charge on any atom is 0.183 e. The molecule has 2 N–H and O–H groups in total. The third-order valence-corrected chi connectivity index (χ3v) is 4.40. The average Bonchev–Trinajstić information content (AvgIpc) is 3.00. The van der Waals surface area contributed by atoms with Crippen LogP contribution in [0.15, 0.2) is 24.4 Å². The highest BCUT2D eigenvalue weighted by Gasteiger charge is 2.12. The summed E-state index contributed by atoms with van der Waals surface area (Å²) in [6, 6.07) is 5.97. The molecule has 0 bridgehead atoms. The van der Waals surface area contributed by atoms with Crippen LogP contribution in [-0.2, 0) is 13.6 Å². The maximum atomic E-state index is 9.71. The Labute approximate surface area is 131 Å². The SMILES string of the molecule is CC(O)c1nc2cc(NCc3cnc(Cl)s3)ccc2n1C. The van der Waals surface area contributed by atoms with Crippen molar-refractivity contribution in [3.05, 3.63) is 39.6 Å². The molecule has 3 rings (SSSR count). The number of anilines is 1. The highest BCUT2D eigenvalue weighted by Crippen LogP contribution is 2.24. The smallest absolute Gasteiger partial charge is 0.183 e. The summed E-state index contributed by atoms with van der Waals surface area (Å²) in [5, 5.41) is 13.0. The summed E-state index contributed by atoms with van der Waals surface area (Å²) in [5.41, 5.74) is 2.83. The molecule has 0 radical (unpaired) electrons. The Bertz CT molecular complexity index is 780. The summed E-state index contributed by atoms with van der Waals surface area (Å²) >= 11 is 7.27. The maximum absolute atomic E-state index is 9.71. The van der Waals surface area contributed by atoms with E-state index in [2.05, 4.69) is 15.3 Å². The molecule has 1 unspecified atom stereocenters. The molecular formula is C14H15ClN4OS. The van der Waals surface area contributed by atoms with Crippen molar-refractivity contribution in [3.63, 3.8) is 0 Å². The summed E-state index contributed by atoms with van der Waals surface area (Å²) in [7, 11) is 1.91. The number of thiazole rings is 1. The molecule has 0 saturated carbocycles. The number of aryl methyl sites for hydroxylation is 1. The van der Waals surface area contributed by atoms with Crippen molar-refractivity contribution >= 4 is 39.7 Å². The molecule has 2 aromatic heterocycles. The van der Waals surface area contributed by atoms with E-state index in [9.17, 15) is 5.11 Å². The Hall–Kier alpha value is -1.63. The van der Waals surface area contributed by atoms with Crippen molar-refractivity contribution in [1.29, 1.82) is 0 Å². The molecular weight excluding hydrogens is 308 g/mol. The van der Waals surface area contributed by atoms with Gasteiger partial charge in [-0.15, -0.1) is 11.3 Å². The van der Waals surface area contributed by atoms with E-state index < -0.39 is 6.10 Å². The van der Waals surface area contributed by atoms with Crippen LogP contribution in [0.2, 0.25) is 4.47 Å². The average molecular weight is 323 g/mol. The second-order valence-corrected chi connectivity index (χ2v) is 6.54. The molecule has 110 valence electrons. The molecule has 0 amide bonds. The monoisotopic (exact) mass is 322 g/mol. The second-order valence-electron chi connectivity index (χ2n) is 4.84. The van der Waals surface area contributed by atoms with Crippen LogP contribution < -0.4 is 5.32 Å². The molecule has 1 aromatic carbocycles. The summed E-state index contributed by atoms with van der Waals surface area (Å²) < 4.78 is 2.46. The number of benzene rings is 1. The van der Waals surface area contributed by atoms with Crippen molar-refractivity contribution in [3.8, 4) is 0 Å². The Morgan fingerprint density at radius 2 is 2.29 bits per heavy atom. The van der Waals surface area contributed by atoms with Crippen molar-refractivity contribution in [2.24, 2.45) is 7.05 Å². The van der Waals surface area contributed by atoms with Gasteiger partial charge in [0.15, 0.2) is 4.47 Å². The van der Waals surface area contributed by atoms with Gasteiger partial charge in [0.1, 0.15) is 11.9 Å². The van der Waals surface area contributed by atoms with Crippen LogP contribution in [0.5, 0.6) is 0 Å². The standard InChI is InChI=1S/C14H15ClN4OS/c1-8(20)13-18-11-5-9(3-4-12(11)19(13)2)16-6-10-7-17-14(15)21-10/h3-5,7-8,16,20H,6H2,1-2H3. The molecule has 7 heteroatoms. The predicted octanol–water partition coefficient (Wildman–Crippen LogP) is 3.35. The first-order valence-corrected chi connectivity index (χ1v) is 7.72. The normalized spacial score (nSPS) is 12.8. The van der Waals surface area contributed by atoms with Crippen molar-refractivity contribution in [2.75, 3.05) is 5.32 Å². The topological polar surface area (TPSA) is 63.0 Å². The fourth-order valence-corrected chi connectivity index (χ4v) is 3.17. The van der Waals surface area contributed by atoms with E-state index in [4.69, 9.17) is 11.6 Å². The number of fused-ring (bicyclic) bond motifs is 1. The summed E-state index contributed by atoms with van der Waals surface area (Å²) in [6.45, 7) is 2.39. The van der Waals surface area contributed by atoms with Crippen LogP contribution in [-0.4, -0.2) is 19.6 Å². The minimum Gasteiger partial charge on any atom is -0.385 e. The third kappa shape index (κ3) is 2.88. The van der Waals surface area contributed by atoms with Crippen molar-refractivity contribution < 1.29 is 5.11 Å². The minimum absolute atomic E-state index is 0.550. The summed E-state index contributed by atoms with van der Waals surface area (Å²) in [5.74, 6) is 0.663. The fraction of sp³-hybridized carbons (Fsp3) is 0.286. The van der Waals surface area contributed by atoms with Gasteiger partial charge in [-0.05, 0) is 25.1 Å². The Morgan fingerprint density at radius 3 is 2.95 bits per heavy atom. The highest BCUT2D eigenvalue weighted by molar-refractivity contribution is 7.15. The van der Waals surface area contributed by atoms with Crippen LogP contribution in [0.4, 0.5) is 5.69 Å². The molecule has 1 atom stereocenters. The molecule has 0 aliphatic rings. The number of imidazole rings is 1. The van der Waals surface area contributed by atoms with Crippen molar-refractivity contribution in [1.82, 2.24) is 14.5 Å². The number of hydrogen-bond acceptors (Lipinski definition) is 5. The number of hydrogen-bond donors (Lipinski definition) is 2. The number of aliphatic hydroxyl groups excluding tert-OH is 1. The zero-order valence-electron chi connectivity index (χ0n) is 11.7. The molecule has 0 aliphatic carbocycles. The van der Waals surface area contributed by atoms with Crippen LogP contribution in [0.1, 0.15) is 23.7 Å². The number of aliphatic hydroxyl groups is 1. The van der Waals surface area contributed by atoms with Gasteiger partial charge in [0.25, 0.3) is 0 Å². The van der Waals surface area contributed by atoms with E-state index in [1.807, 2.05) is 29.8 Å². The first-order valence-electron chi connectivity index (χ1n) is 6.53. The largest absolute Gasteiger partial charge is 0.385 e. The number of rotatable bonds is 4. The fourth-order valence-electron chi connectivity index (χ4n) is 2.26. The number of nitrogens with one attached hydrogen (secondary N) is 1. The molecule has 5 nitrogen and oxygen atoms in total. The minimum atomic E-state index is -0.585. The molecule has 21 heavy (non-hydrogen) atoms. The number of nitrogens with zero attached hydrogens (tertiary/aromatic N) is 3. The van der Waals surface area contributed by atoms with E-state index in [0.29, 0.717) is 16.8 Å². The highest BCUT2D eigenvalue weighted by atomic mass is 35.5. The summed E-state index contributed by atoms with van der Waals surface area (Å²) in [4.78, 5) is 9.56. The zero-order valence-corrected chi connectivity index (χ0v) is 13.2. The van der Waals surface area contributed by atoms with Crippen LogP contribution in [0.25, 0.3) is 11.0 Å². The van der Waals surface area contributed by atoms with Crippen LogP contribution >= 0.6 is 22.9 Å². The molecule has 0 spiro atoms. The Balaban J connectivity index is 1.83. The van der Waals surface area contributed by atoms with E-state index in [0.717, 1.165) is 21.6 Å². The molecule has 3 aromatic rings. The van der Waals surface area contributed by atoms with Gasteiger partial charge in [0, 0.05) is 23.8 Å². The Morgan fingerprint density at radius 1 is 1.48 bits per heavy atom. The number of halogens is 1. The Kier molecular flexibility index (Phi) is 3.84. The van der Waals surface area contributed by atoms with E-state index in [-0.39, 0.29) is 0 Å². The molecule has 0 fully saturated rings. The third-order valence-electron chi connectivity index (χ3n) is 3.28. The van der Waals surface area contributed by atoms with E-state index in [1.165, 1.54) is 11.3 Å². The number of aromatic nitrogens is 3. The van der Waals surface area contributed by atoms with Gasteiger partial charge in [-0.3, -0.25) is 0 Å². The lowest BCUT2D eigenvalue weighted by Crippen LogP contribution is -2.01. The first-order chi connectivity index (χ1) is 10.0. The lowest BCUT2D eigenvalue weighted by molar-refractivity contribution is 0.186. The van der Waals surface area contributed by atoms with Crippen LogP contribution in [0.3, 0.4) is 0 Å². The van der Waals surface area contributed by atoms with E-state index >= 15 is 0 Å². The van der Waals surface area contributed by atoms with Crippen molar-refractivity contribution in [2.45, 2.75) is 19.6 Å². The van der Waals surface area contributed by atoms with Gasteiger partial charge in [-0.25, -0.2) is 9.97 Å². The van der Waals surface area contributed by atoms with E-state index in [1.54, 1.807) is 13.1 Å². The first kappa shape index (κ1) is 14.3. The van der Waals surface area contributed by atoms with Gasteiger partial charge in [-0.2, -0.15) is 0 Å². The predicted molar refractivity (Wildman–Crippen MR) is 85.8 cm³/mol. The lowest BCUT2D eigenvalue weighted by Gasteiger charge is -2.05. The molecule has 0 aliphatic heterocycles. The van der Waals surface area contributed by atoms with Gasteiger partial charge in [0.05, 0.1) is 17.6 Å². The van der Waals surface area contributed by atoms with Gasteiger partial charge in [0.2, 0.25) is 0 Å². The van der Waals surface area contributed by atoms with Gasteiger partial charge in [-0.1, -0.05) is 11.6 Å². The van der Waals surface area contributed by atoms with Crippen LogP contribution in [0, 0.1) is 0 Å². The summed E-state index contributed by atoms with van der Waals surface area (Å²) in [6.07, 6.45) is 1.18. The molecule has 0 saturated heterocycles.